The van der Waals surface area contributed by atoms with Crippen molar-refractivity contribution in [3.05, 3.63) is 11.6 Å². The predicted molar refractivity (Wildman–Crippen MR) is 129 cm³/mol. The third-order valence-corrected chi connectivity index (χ3v) is 12.3. The smallest absolute Gasteiger partial charge is 0.0199 e. The Labute approximate surface area is 188 Å². The van der Waals surface area contributed by atoms with Crippen LogP contribution in [0.25, 0.3) is 0 Å². The van der Waals surface area contributed by atoms with Crippen molar-refractivity contribution >= 4 is 0 Å². The van der Waals surface area contributed by atoms with Gasteiger partial charge in [-0.3, -0.25) is 0 Å². The Kier molecular flexibility index (Phi) is 4.94. The zero-order valence-corrected chi connectivity index (χ0v) is 21.3. The fourth-order valence-electron chi connectivity index (χ4n) is 11.3. The van der Waals surface area contributed by atoms with Gasteiger partial charge in [-0.25, -0.2) is 0 Å². The largest absolute Gasteiger partial charge is 0.0859 e. The number of rotatable bonds is 4. The van der Waals surface area contributed by atoms with E-state index in [2.05, 4.69) is 54.5 Å². The highest BCUT2D eigenvalue weighted by Gasteiger charge is 2.79. The molecule has 0 aromatic rings. The van der Waals surface area contributed by atoms with E-state index in [4.69, 9.17) is 0 Å². The van der Waals surface area contributed by atoms with Crippen LogP contribution in [0.1, 0.15) is 119 Å². The van der Waals surface area contributed by atoms with E-state index >= 15 is 0 Å². The molecule has 9 atom stereocenters. The molecular formula is C30H50. The summed E-state index contributed by atoms with van der Waals surface area (Å²) in [6.45, 7) is 17.8. The van der Waals surface area contributed by atoms with Crippen molar-refractivity contribution in [2.45, 2.75) is 119 Å². The zero-order chi connectivity index (χ0) is 21.5. The first-order valence-corrected chi connectivity index (χ1v) is 13.7. The predicted octanol–water partition coefficient (Wildman–Crippen LogP) is 9.05. The average Bonchev–Trinajstić information content (AvgIpc) is 3.23. The van der Waals surface area contributed by atoms with Crippen LogP contribution in [0, 0.1) is 57.2 Å². The van der Waals surface area contributed by atoms with Gasteiger partial charge in [-0.15, -0.1) is 0 Å². The average molecular weight is 411 g/mol. The lowest BCUT2D eigenvalue weighted by Crippen LogP contribution is -2.52. The van der Waals surface area contributed by atoms with E-state index in [1.807, 2.05) is 0 Å². The maximum atomic E-state index is 2.77. The maximum absolute atomic E-state index is 2.77. The highest BCUT2D eigenvalue weighted by molar-refractivity contribution is 5.28. The molecular weight excluding hydrogens is 360 g/mol. The topological polar surface area (TPSA) is 0 Å². The molecule has 0 heterocycles. The Bertz CT molecular complexity index is 710. The van der Waals surface area contributed by atoms with E-state index in [1.54, 1.807) is 38.5 Å². The van der Waals surface area contributed by atoms with Gasteiger partial charge in [-0.2, -0.15) is 0 Å². The molecule has 0 aromatic heterocycles. The van der Waals surface area contributed by atoms with Crippen LogP contribution in [-0.4, -0.2) is 0 Å². The summed E-state index contributed by atoms with van der Waals surface area (Å²) < 4.78 is 0. The molecule has 170 valence electrons. The second kappa shape index (κ2) is 6.87. The highest BCUT2D eigenvalue weighted by Crippen LogP contribution is 2.87. The minimum Gasteiger partial charge on any atom is -0.0859 e. The minimum absolute atomic E-state index is 0.608. The molecule has 5 fully saturated rings. The van der Waals surface area contributed by atoms with E-state index in [9.17, 15) is 0 Å². The number of hydrogen-bond acceptors (Lipinski definition) is 0. The molecule has 5 saturated carbocycles. The summed E-state index contributed by atoms with van der Waals surface area (Å²) in [4.78, 5) is 0. The molecule has 9 unspecified atom stereocenters. The molecule has 5 rings (SSSR count). The van der Waals surface area contributed by atoms with Gasteiger partial charge in [0, 0.05) is 0 Å². The fraction of sp³-hybridized carbons (Fsp3) is 0.933. The van der Waals surface area contributed by atoms with Crippen molar-refractivity contribution in [2.24, 2.45) is 57.2 Å². The Hall–Kier alpha value is -0.260. The van der Waals surface area contributed by atoms with Gasteiger partial charge in [0.2, 0.25) is 0 Å². The lowest BCUT2D eigenvalue weighted by molar-refractivity contribution is -0.103. The molecule has 0 aliphatic heterocycles. The van der Waals surface area contributed by atoms with Crippen molar-refractivity contribution in [2.75, 3.05) is 0 Å². The third-order valence-electron chi connectivity index (χ3n) is 12.3. The summed E-state index contributed by atoms with van der Waals surface area (Å²) in [5, 5.41) is 0. The Balaban J connectivity index is 1.39. The Morgan fingerprint density at radius 2 is 1.77 bits per heavy atom. The summed E-state index contributed by atoms with van der Waals surface area (Å²) in [7, 11) is 0. The summed E-state index contributed by atoms with van der Waals surface area (Å²) in [5.41, 5.74) is 4.27. The van der Waals surface area contributed by atoms with Gasteiger partial charge >= 0.3 is 0 Å². The fourth-order valence-corrected chi connectivity index (χ4v) is 11.3. The van der Waals surface area contributed by atoms with Gasteiger partial charge in [0.05, 0.1) is 0 Å². The highest BCUT2D eigenvalue weighted by atomic mass is 14.8. The van der Waals surface area contributed by atoms with Gasteiger partial charge in [0.1, 0.15) is 0 Å². The van der Waals surface area contributed by atoms with Crippen LogP contribution in [0.4, 0.5) is 0 Å². The van der Waals surface area contributed by atoms with Crippen LogP contribution < -0.4 is 0 Å². The lowest BCUT2D eigenvalue weighted by atomic mass is 9.46. The molecule has 2 spiro atoms. The van der Waals surface area contributed by atoms with Crippen LogP contribution >= 0.6 is 0 Å². The lowest BCUT2D eigenvalue weighted by Gasteiger charge is -2.59. The monoisotopic (exact) mass is 410 g/mol. The van der Waals surface area contributed by atoms with Crippen molar-refractivity contribution in [3.63, 3.8) is 0 Å². The molecule has 5 aliphatic carbocycles. The summed E-state index contributed by atoms with van der Waals surface area (Å²) in [6.07, 6.45) is 19.2. The van der Waals surface area contributed by atoms with Crippen LogP contribution in [-0.2, 0) is 0 Å². The number of allylic oxidation sites excluding steroid dienone is 2. The van der Waals surface area contributed by atoms with Gasteiger partial charge in [0.25, 0.3) is 0 Å². The molecule has 0 bridgehead atoms. The normalized spacial score (nSPS) is 51.8. The summed E-state index contributed by atoms with van der Waals surface area (Å²) >= 11 is 0. The van der Waals surface area contributed by atoms with E-state index in [-0.39, 0.29) is 0 Å². The molecule has 0 amide bonds. The van der Waals surface area contributed by atoms with Crippen molar-refractivity contribution in [3.8, 4) is 0 Å². The molecule has 0 radical (unpaired) electrons. The number of fused-ring (bicyclic) bond motifs is 2. The molecule has 0 heteroatoms. The van der Waals surface area contributed by atoms with E-state index in [0.29, 0.717) is 10.8 Å². The van der Waals surface area contributed by atoms with Crippen molar-refractivity contribution in [1.82, 2.24) is 0 Å². The van der Waals surface area contributed by atoms with Gasteiger partial charge in [-0.05, 0) is 135 Å². The number of hydrogen-bond donors (Lipinski definition) is 0. The van der Waals surface area contributed by atoms with Crippen LogP contribution in [0.5, 0.6) is 0 Å². The van der Waals surface area contributed by atoms with E-state index in [0.717, 1.165) is 46.3 Å². The van der Waals surface area contributed by atoms with Gasteiger partial charge in [0.15, 0.2) is 0 Å². The SMILES string of the molecule is CC(C)=CCCC(C)C1CC(C)C2C3CCC4C(C)(C)CCCC45CC35CCC12C. The first-order chi connectivity index (χ1) is 14.1. The summed E-state index contributed by atoms with van der Waals surface area (Å²) in [6, 6.07) is 0. The molecule has 0 aromatic carbocycles. The maximum Gasteiger partial charge on any atom is -0.0199 e. The van der Waals surface area contributed by atoms with Crippen LogP contribution in [0.2, 0.25) is 0 Å². The second-order valence-corrected chi connectivity index (χ2v) is 14.3. The first-order valence-electron chi connectivity index (χ1n) is 13.7. The minimum atomic E-state index is 0.608. The van der Waals surface area contributed by atoms with Gasteiger partial charge in [-0.1, -0.05) is 52.7 Å². The quantitative estimate of drug-likeness (QED) is 0.405. The molecule has 0 saturated heterocycles. The zero-order valence-electron chi connectivity index (χ0n) is 21.3. The van der Waals surface area contributed by atoms with Crippen molar-refractivity contribution < 1.29 is 0 Å². The van der Waals surface area contributed by atoms with Crippen LogP contribution in [0.3, 0.4) is 0 Å². The molecule has 5 aliphatic rings. The standard InChI is InChI=1S/C30H50/c1-20(2)10-8-11-21(3)24-18-22(4)26-23-12-13-25-27(5,6)14-9-15-30(25)19-29(23,30)17-16-28(24,26)7/h10,21-26H,8-9,11-19H2,1-7H3. The third kappa shape index (κ3) is 2.76. The summed E-state index contributed by atoms with van der Waals surface area (Å²) in [5.74, 6) is 5.94. The van der Waals surface area contributed by atoms with Crippen molar-refractivity contribution in [1.29, 1.82) is 0 Å². The Morgan fingerprint density at radius 3 is 2.50 bits per heavy atom. The van der Waals surface area contributed by atoms with E-state index in [1.165, 1.54) is 37.7 Å². The van der Waals surface area contributed by atoms with Gasteiger partial charge < -0.3 is 0 Å². The van der Waals surface area contributed by atoms with Crippen LogP contribution in [0.15, 0.2) is 11.6 Å². The second-order valence-electron chi connectivity index (χ2n) is 14.3. The van der Waals surface area contributed by atoms with E-state index < -0.39 is 0 Å². The molecule has 0 nitrogen and oxygen atoms in total. The molecule has 30 heavy (non-hydrogen) atoms. The molecule has 0 N–H and O–H groups in total. The Morgan fingerprint density at radius 1 is 1.00 bits per heavy atom. The first kappa shape index (κ1) is 21.6.